The van der Waals surface area contributed by atoms with Gasteiger partial charge in [-0.05, 0) is 30.5 Å². The molecule has 3 heterocycles. The van der Waals surface area contributed by atoms with Crippen LogP contribution in [0.4, 0.5) is 11.8 Å². The molecule has 0 atom stereocenters. The summed E-state index contributed by atoms with van der Waals surface area (Å²) in [7, 11) is 0. The second kappa shape index (κ2) is 5.83. The molecule has 0 spiro atoms. The molecule has 1 aliphatic rings. The first-order valence-electron chi connectivity index (χ1n) is 8.60. The van der Waals surface area contributed by atoms with Gasteiger partial charge in [-0.2, -0.15) is 15.2 Å². The predicted molar refractivity (Wildman–Crippen MR) is 99.4 cm³/mol. The van der Waals surface area contributed by atoms with Crippen molar-refractivity contribution in [2.75, 3.05) is 11.1 Å². The maximum atomic E-state index is 6.13. The molecule has 0 unspecified atom stereocenters. The molecule has 0 amide bonds. The second-order valence-electron chi connectivity index (χ2n) is 6.62. The second-order valence-corrected chi connectivity index (χ2v) is 6.62. The third-order valence-corrected chi connectivity index (χ3v) is 4.67. The topological polar surface area (TPSA) is 121 Å². The van der Waals surface area contributed by atoms with Crippen molar-refractivity contribution in [3.8, 4) is 11.3 Å². The van der Waals surface area contributed by atoms with Crippen LogP contribution in [0.25, 0.3) is 22.2 Å². The highest BCUT2D eigenvalue weighted by Crippen LogP contribution is 2.40. The van der Waals surface area contributed by atoms with Crippen LogP contribution in [-0.2, 0) is 6.54 Å². The van der Waals surface area contributed by atoms with Crippen molar-refractivity contribution in [1.29, 1.82) is 0 Å². The summed E-state index contributed by atoms with van der Waals surface area (Å²) in [6.07, 6.45) is 5.97. The van der Waals surface area contributed by atoms with Crippen LogP contribution in [0.2, 0.25) is 0 Å². The maximum absolute atomic E-state index is 6.13. The quantitative estimate of drug-likeness (QED) is 0.441. The van der Waals surface area contributed by atoms with Gasteiger partial charge in [0.25, 0.3) is 0 Å². The Labute approximate surface area is 149 Å². The highest BCUT2D eigenvalue weighted by Gasteiger charge is 2.26. The third-order valence-electron chi connectivity index (χ3n) is 4.67. The first-order valence-corrected chi connectivity index (χ1v) is 8.60. The van der Waals surface area contributed by atoms with Crippen molar-refractivity contribution < 1.29 is 0 Å². The van der Waals surface area contributed by atoms with Crippen LogP contribution in [0.3, 0.4) is 0 Å². The Bertz CT molecular complexity index is 1080. The Kier molecular flexibility index (Phi) is 3.34. The van der Waals surface area contributed by atoms with Crippen molar-refractivity contribution in [1.82, 2.24) is 30.4 Å². The molecule has 5 N–H and O–H groups in total. The lowest BCUT2D eigenvalue weighted by Crippen LogP contribution is -2.06. The molecular formula is C18H18N8. The molecule has 0 bridgehead atoms. The van der Waals surface area contributed by atoms with E-state index < -0.39 is 0 Å². The minimum absolute atomic E-state index is 0.417. The van der Waals surface area contributed by atoms with E-state index in [2.05, 4.69) is 41.7 Å². The highest BCUT2D eigenvalue weighted by molar-refractivity contribution is 5.78. The third kappa shape index (κ3) is 2.75. The van der Waals surface area contributed by atoms with Gasteiger partial charge in [0, 0.05) is 29.7 Å². The van der Waals surface area contributed by atoms with Gasteiger partial charge in [0.15, 0.2) is 0 Å². The molecule has 1 aromatic carbocycles. The van der Waals surface area contributed by atoms with Gasteiger partial charge >= 0.3 is 0 Å². The van der Waals surface area contributed by atoms with Crippen molar-refractivity contribution in [3.05, 3.63) is 47.9 Å². The molecule has 1 fully saturated rings. The van der Waals surface area contributed by atoms with E-state index in [9.17, 15) is 0 Å². The average Bonchev–Trinajstić information content (AvgIpc) is 3.20. The first kappa shape index (κ1) is 14.9. The average molecular weight is 346 g/mol. The zero-order valence-corrected chi connectivity index (χ0v) is 14.0. The Morgan fingerprint density at radius 2 is 2.08 bits per heavy atom. The van der Waals surface area contributed by atoms with Crippen LogP contribution in [0.15, 0.2) is 36.7 Å². The molecule has 4 aromatic rings. The number of aromatic nitrogens is 6. The van der Waals surface area contributed by atoms with Crippen LogP contribution >= 0.6 is 0 Å². The fraction of sp³-hybridized carbons (Fsp3) is 0.222. The summed E-state index contributed by atoms with van der Waals surface area (Å²) < 4.78 is 0. The van der Waals surface area contributed by atoms with Crippen LogP contribution in [0.5, 0.6) is 0 Å². The molecule has 8 nitrogen and oxygen atoms in total. The molecule has 26 heavy (non-hydrogen) atoms. The molecule has 3 aromatic heterocycles. The Morgan fingerprint density at radius 3 is 2.92 bits per heavy atom. The molecule has 8 heteroatoms. The van der Waals surface area contributed by atoms with Crippen LogP contribution < -0.4 is 11.1 Å². The fourth-order valence-corrected chi connectivity index (χ4v) is 3.03. The molecule has 1 aliphatic carbocycles. The summed E-state index contributed by atoms with van der Waals surface area (Å²) in [6.45, 7) is 0.599. The van der Waals surface area contributed by atoms with E-state index in [1.54, 1.807) is 12.4 Å². The van der Waals surface area contributed by atoms with Gasteiger partial charge in [0.05, 0.1) is 23.0 Å². The molecule has 1 saturated carbocycles. The van der Waals surface area contributed by atoms with Crippen LogP contribution in [-0.4, -0.2) is 30.4 Å². The van der Waals surface area contributed by atoms with Crippen molar-refractivity contribution in [3.63, 3.8) is 0 Å². The minimum atomic E-state index is 0.417. The number of anilines is 2. The SMILES string of the molecule is Nc1nc(NCc2ccc3cn[nH]c3c2)ncc1-c1cc(C2CC2)[nH]n1. The molecule has 0 radical (unpaired) electrons. The van der Waals surface area contributed by atoms with Gasteiger partial charge in [-0.25, -0.2) is 4.98 Å². The number of nitrogen functional groups attached to an aromatic ring is 1. The summed E-state index contributed by atoms with van der Waals surface area (Å²) in [5.41, 5.74) is 10.9. The normalized spacial score (nSPS) is 14.0. The Balaban J connectivity index is 1.32. The number of benzene rings is 1. The van der Waals surface area contributed by atoms with Crippen molar-refractivity contribution >= 4 is 22.7 Å². The first-order chi connectivity index (χ1) is 12.8. The summed E-state index contributed by atoms with van der Waals surface area (Å²) in [6, 6.07) is 8.17. The monoisotopic (exact) mass is 346 g/mol. The number of fused-ring (bicyclic) bond motifs is 1. The molecule has 5 rings (SSSR count). The van der Waals surface area contributed by atoms with Crippen LogP contribution in [0.1, 0.15) is 30.0 Å². The van der Waals surface area contributed by atoms with E-state index >= 15 is 0 Å². The Hall–Kier alpha value is -3.42. The fourth-order valence-electron chi connectivity index (χ4n) is 3.03. The van der Waals surface area contributed by atoms with E-state index in [-0.39, 0.29) is 0 Å². The summed E-state index contributed by atoms with van der Waals surface area (Å²) >= 11 is 0. The number of nitrogens with zero attached hydrogens (tertiary/aromatic N) is 4. The van der Waals surface area contributed by atoms with E-state index in [1.807, 2.05) is 18.2 Å². The lowest BCUT2D eigenvalue weighted by Gasteiger charge is -2.07. The van der Waals surface area contributed by atoms with Gasteiger partial charge in [-0.3, -0.25) is 10.2 Å². The molecule has 0 saturated heterocycles. The van der Waals surface area contributed by atoms with E-state index in [0.717, 1.165) is 33.4 Å². The molecule has 130 valence electrons. The van der Waals surface area contributed by atoms with Gasteiger partial charge in [-0.15, -0.1) is 0 Å². The number of hydrogen-bond acceptors (Lipinski definition) is 6. The largest absolute Gasteiger partial charge is 0.383 e. The standard InChI is InChI=1S/C18H18N8/c19-17-13(16-6-15(25-26-16)11-3-4-11)9-21-18(23-17)20-7-10-1-2-12-8-22-24-14(12)5-10/h1-2,5-6,8-9,11H,3-4,7H2,(H,22,24)(H,25,26)(H3,19,20,21,23). The van der Waals surface area contributed by atoms with E-state index in [4.69, 9.17) is 5.73 Å². The number of H-pyrrole nitrogens is 2. The number of aromatic amines is 2. The summed E-state index contributed by atoms with van der Waals surface area (Å²) in [5, 5.41) is 18.7. The smallest absolute Gasteiger partial charge is 0.224 e. The van der Waals surface area contributed by atoms with E-state index in [0.29, 0.717) is 24.2 Å². The zero-order valence-electron chi connectivity index (χ0n) is 14.0. The Morgan fingerprint density at radius 1 is 1.15 bits per heavy atom. The lowest BCUT2D eigenvalue weighted by molar-refractivity contribution is 0.966. The molecular weight excluding hydrogens is 328 g/mol. The molecule has 0 aliphatic heterocycles. The zero-order chi connectivity index (χ0) is 17.5. The van der Waals surface area contributed by atoms with E-state index in [1.165, 1.54) is 12.8 Å². The number of nitrogens with two attached hydrogens (primary N) is 1. The van der Waals surface area contributed by atoms with Crippen molar-refractivity contribution in [2.24, 2.45) is 0 Å². The van der Waals surface area contributed by atoms with Gasteiger partial charge in [-0.1, -0.05) is 12.1 Å². The van der Waals surface area contributed by atoms with Crippen LogP contribution in [0, 0.1) is 0 Å². The van der Waals surface area contributed by atoms with Crippen molar-refractivity contribution in [2.45, 2.75) is 25.3 Å². The van der Waals surface area contributed by atoms with Gasteiger partial charge in [0.1, 0.15) is 5.82 Å². The van der Waals surface area contributed by atoms with Gasteiger partial charge in [0.2, 0.25) is 5.95 Å². The maximum Gasteiger partial charge on any atom is 0.224 e. The minimum Gasteiger partial charge on any atom is -0.383 e. The summed E-state index contributed by atoms with van der Waals surface area (Å²) in [4.78, 5) is 8.74. The number of nitrogens with one attached hydrogen (secondary N) is 3. The number of hydrogen-bond donors (Lipinski definition) is 4. The lowest BCUT2D eigenvalue weighted by atomic mass is 10.1. The predicted octanol–water partition coefficient (Wildman–Crippen LogP) is 2.81. The van der Waals surface area contributed by atoms with Gasteiger partial charge < -0.3 is 11.1 Å². The number of rotatable bonds is 5. The summed E-state index contributed by atoms with van der Waals surface area (Å²) in [5.74, 6) is 1.53. The highest BCUT2D eigenvalue weighted by atomic mass is 15.1.